The molecule has 0 aliphatic rings. The zero-order valence-electron chi connectivity index (χ0n) is 9.27. The minimum Gasteiger partial charge on any atom is -0.392 e. The standard InChI is InChI=1S/C11H15ClN2O2/c1-8(15)7-14(2)13-11(16)9-3-5-10(12)6-4-9/h3-6,8,15H,7H2,1-2H3,(H,13,16). The fraction of sp³-hybridized carbons (Fsp3) is 0.364. The molecule has 0 saturated heterocycles. The summed E-state index contributed by atoms with van der Waals surface area (Å²) in [6.07, 6.45) is -0.490. The van der Waals surface area contributed by atoms with Crippen molar-refractivity contribution in [2.75, 3.05) is 13.6 Å². The van der Waals surface area contributed by atoms with Gasteiger partial charge in [-0.2, -0.15) is 0 Å². The molecule has 0 fully saturated rings. The van der Waals surface area contributed by atoms with Gasteiger partial charge in [0, 0.05) is 24.2 Å². The summed E-state index contributed by atoms with van der Waals surface area (Å²) in [6, 6.07) is 6.61. The van der Waals surface area contributed by atoms with E-state index >= 15 is 0 Å². The van der Waals surface area contributed by atoms with Crippen LogP contribution >= 0.6 is 11.6 Å². The quantitative estimate of drug-likeness (QED) is 0.783. The molecule has 4 nitrogen and oxygen atoms in total. The molecule has 0 radical (unpaired) electrons. The summed E-state index contributed by atoms with van der Waals surface area (Å²) in [5.74, 6) is -0.222. The number of carbonyl (C=O) groups excluding carboxylic acids is 1. The van der Waals surface area contributed by atoms with Crippen LogP contribution in [0.2, 0.25) is 5.02 Å². The van der Waals surface area contributed by atoms with Gasteiger partial charge in [0.05, 0.1) is 6.10 Å². The van der Waals surface area contributed by atoms with Gasteiger partial charge in [-0.1, -0.05) is 11.6 Å². The van der Waals surface area contributed by atoms with Crippen LogP contribution in [0.25, 0.3) is 0 Å². The maximum absolute atomic E-state index is 11.7. The Morgan fingerprint density at radius 3 is 2.56 bits per heavy atom. The Bertz CT molecular complexity index is 352. The number of amides is 1. The Morgan fingerprint density at radius 2 is 2.06 bits per heavy atom. The lowest BCUT2D eigenvalue weighted by Crippen LogP contribution is -2.42. The molecule has 1 aromatic carbocycles. The number of nitrogens with one attached hydrogen (secondary N) is 1. The molecule has 1 amide bonds. The van der Waals surface area contributed by atoms with E-state index < -0.39 is 6.10 Å². The fourth-order valence-corrected chi connectivity index (χ4v) is 1.41. The van der Waals surface area contributed by atoms with Crippen molar-refractivity contribution in [2.24, 2.45) is 0 Å². The number of benzene rings is 1. The molecule has 2 N–H and O–H groups in total. The van der Waals surface area contributed by atoms with Gasteiger partial charge in [-0.15, -0.1) is 0 Å². The average molecular weight is 243 g/mol. The van der Waals surface area contributed by atoms with Gasteiger partial charge in [-0.25, -0.2) is 5.01 Å². The Labute approximate surface area is 99.8 Å². The summed E-state index contributed by atoms with van der Waals surface area (Å²) in [5.41, 5.74) is 3.17. The number of rotatable bonds is 4. The van der Waals surface area contributed by atoms with Gasteiger partial charge < -0.3 is 5.11 Å². The zero-order valence-corrected chi connectivity index (χ0v) is 10.0. The number of hydrogen-bond acceptors (Lipinski definition) is 3. The summed E-state index contributed by atoms with van der Waals surface area (Å²) in [6.45, 7) is 2.03. The van der Waals surface area contributed by atoms with Crippen LogP contribution in [-0.4, -0.2) is 35.7 Å². The van der Waals surface area contributed by atoms with E-state index in [1.165, 1.54) is 0 Å². The van der Waals surface area contributed by atoms with Crippen LogP contribution in [0.15, 0.2) is 24.3 Å². The smallest absolute Gasteiger partial charge is 0.265 e. The normalized spacial score (nSPS) is 12.6. The highest BCUT2D eigenvalue weighted by Crippen LogP contribution is 2.09. The zero-order chi connectivity index (χ0) is 12.1. The van der Waals surface area contributed by atoms with Crippen LogP contribution < -0.4 is 5.43 Å². The minimum atomic E-state index is -0.490. The van der Waals surface area contributed by atoms with Gasteiger partial charge in [0.25, 0.3) is 5.91 Å². The summed E-state index contributed by atoms with van der Waals surface area (Å²) in [5, 5.41) is 11.3. The van der Waals surface area contributed by atoms with Crippen LogP contribution in [0.4, 0.5) is 0 Å². The molecule has 1 unspecified atom stereocenters. The summed E-state index contributed by atoms with van der Waals surface area (Å²) in [4.78, 5) is 11.7. The van der Waals surface area contributed by atoms with Gasteiger partial charge in [0.2, 0.25) is 0 Å². The number of nitrogens with zero attached hydrogens (tertiary/aromatic N) is 1. The number of hydrazine groups is 1. The van der Waals surface area contributed by atoms with Crippen molar-refractivity contribution in [3.8, 4) is 0 Å². The average Bonchev–Trinajstić information content (AvgIpc) is 2.16. The molecule has 0 heterocycles. The molecule has 16 heavy (non-hydrogen) atoms. The first-order valence-electron chi connectivity index (χ1n) is 4.95. The van der Waals surface area contributed by atoms with E-state index in [-0.39, 0.29) is 5.91 Å². The highest BCUT2D eigenvalue weighted by Gasteiger charge is 2.09. The monoisotopic (exact) mass is 242 g/mol. The number of hydrogen-bond donors (Lipinski definition) is 2. The Balaban J connectivity index is 2.55. The molecular weight excluding hydrogens is 228 g/mol. The lowest BCUT2D eigenvalue weighted by Gasteiger charge is -2.19. The fourth-order valence-electron chi connectivity index (χ4n) is 1.28. The molecule has 0 saturated carbocycles. The second-order valence-corrected chi connectivity index (χ2v) is 4.11. The SMILES string of the molecule is CC(O)CN(C)NC(=O)c1ccc(Cl)cc1. The van der Waals surface area contributed by atoms with Crippen LogP contribution in [0.3, 0.4) is 0 Å². The first-order valence-corrected chi connectivity index (χ1v) is 5.32. The van der Waals surface area contributed by atoms with Crippen molar-refractivity contribution < 1.29 is 9.90 Å². The van der Waals surface area contributed by atoms with E-state index in [4.69, 9.17) is 16.7 Å². The van der Waals surface area contributed by atoms with Crippen molar-refractivity contribution in [1.29, 1.82) is 0 Å². The van der Waals surface area contributed by atoms with Crippen molar-refractivity contribution in [3.63, 3.8) is 0 Å². The van der Waals surface area contributed by atoms with Gasteiger partial charge >= 0.3 is 0 Å². The predicted molar refractivity (Wildman–Crippen MR) is 63.2 cm³/mol. The first-order chi connectivity index (χ1) is 7.49. The maximum Gasteiger partial charge on any atom is 0.265 e. The van der Waals surface area contributed by atoms with Crippen LogP contribution in [0, 0.1) is 0 Å². The van der Waals surface area contributed by atoms with Crippen molar-refractivity contribution in [2.45, 2.75) is 13.0 Å². The van der Waals surface area contributed by atoms with Crippen LogP contribution in [-0.2, 0) is 0 Å². The molecule has 0 aromatic heterocycles. The lowest BCUT2D eigenvalue weighted by molar-refractivity contribution is 0.0729. The topological polar surface area (TPSA) is 52.6 Å². The third-order valence-corrected chi connectivity index (χ3v) is 2.19. The molecule has 1 aromatic rings. The van der Waals surface area contributed by atoms with Crippen LogP contribution in [0.1, 0.15) is 17.3 Å². The number of aliphatic hydroxyl groups is 1. The highest BCUT2D eigenvalue weighted by molar-refractivity contribution is 6.30. The van der Waals surface area contributed by atoms with E-state index in [1.54, 1.807) is 43.2 Å². The van der Waals surface area contributed by atoms with Crippen molar-refractivity contribution >= 4 is 17.5 Å². The molecule has 88 valence electrons. The Kier molecular flexibility index (Phi) is 4.73. The van der Waals surface area contributed by atoms with E-state index in [2.05, 4.69) is 5.43 Å². The number of carbonyl (C=O) groups is 1. The molecule has 5 heteroatoms. The predicted octanol–water partition coefficient (Wildman–Crippen LogP) is 1.30. The highest BCUT2D eigenvalue weighted by atomic mass is 35.5. The lowest BCUT2D eigenvalue weighted by atomic mass is 10.2. The minimum absolute atomic E-state index is 0.222. The van der Waals surface area contributed by atoms with Gasteiger partial charge in [-0.05, 0) is 31.2 Å². The molecule has 0 spiro atoms. The molecule has 0 aliphatic carbocycles. The first kappa shape index (κ1) is 13.0. The largest absolute Gasteiger partial charge is 0.392 e. The molecular formula is C11H15ClN2O2. The maximum atomic E-state index is 11.7. The number of halogens is 1. The molecule has 0 aliphatic heterocycles. The molecule has 1 atom stereocenters. The summed E-state index contributed by atoms with van der Waals surface area (Å²) in [7, 11) is 1.69. The van der Waals surface area contributed by atoms with Gasteiger partial charge in [0.1, 0.15) is 0 Å². The van der Waals surface area contributed by atoms with E-state index in [0.717, 1.165) is 0 Å². The molecule has 1 rings (SSSR count). The van der Waals surface area contributed by atoms with E-state index in [0.29, 0.717) is 17.1 Å². The number of likely N-dealkylation sites (N-methyl/N-ethyl adjacent to an activating group) is 1. The summed E-state index contributed by atoms with van der Waals surface area (Å²) >= 11 is 5.72. The second kappa shape index (κ2) is 5.84. The summed E-state index contributed by atoms with van der Waals surface area (Å²) < 4.78 is 0. The van der Waals surface area contributed by atoms with Gasteiger partial charge in [0.15, 0.2) is 0 Å². The van der Waals surface area contributed by atoms with Crippen LogP contribution in [0.5, 0.6) is 0 Å². The Morgan fingerprint density at radius 1 is 1.50 bits per heavy atom. The van der Waals surface area contributed by atoms with Crippen molar-refractivity contribution in [3.05, 3.63) is 34.9 Å². The van der Waals surface area contributed by atoms with Gasteiger partial charge in [-0.3, -0.25) is 10.2 Å². The second-order valence-electron chi connectivity index (χ2n) is 3.68. The van der Waals surface area contributed by atoms with Crippen molar-refractivity contribution in [1.82, 2.24) is 10.4 Å². The third kappa shape index (κ3) is 4.18. The Hall–Kier alpha value is -1.10. The third-order valence-electron chi connectivity index (χ3n) is 1.94. The molecule has 0 bridgehead atoms. The number of aliphatic hydroxyl groups excluding tert-OH is 1. The van der Waals surface area contributed by atoms with E-state index in [9.17, 15) is 4.79 Å². The van der Waals surface area contributed by atoms with E-state index in [1.807, 2.05) is 0 Å².